The molecule has 0 unspecified atom stereocenters. The van der Waals surface area contributed by atoms with Gasteiger partial charge in [-0.15, -0.1) is 6.58 Å². The first-order valence-corrected chi connectivity index (χ1v) is 14.6. The normalized spacial score (nSPS) is 13.3. The van der Waals surface area contributed by atoms with Crippen LogP contribution in [0, 0.1) is 0 Å². The molecular formula is C31H28Cl2SiTi. The number of rotatable bonds is 5. The molecule has 0 fully saturated rings. The van der Waals surface area contributed by atoms with Crippen molar-refractivity contribution in [2.75, 3.05) is 0 Å². The van der Waals surface area contributed by atoms with Crippen LogP contribution in [0.3, 0.4) is 0 Å². The molecule has 0 saturated heterocycles. The molecule has 0 heterocycles. The third kappa shape index (κ3) is 4.22. The zero-order chi connectivity index (χ0) is 21.7. The van der Waals surface area contributed by atoms with Crippen LogP contribution in [-0.4, -0.2) is 8.07 Å². The summed E-state index contributed by atoms with van der Waals surface area (Å²) < 4.78 is 0. The Labute approximate surface area is 237 Å². The average molecular weight is 547 g/mol. The molecule has 0 amide bonds. The third-order valence-electron chi connectivity index (χ3n) is 7.87. The summed E-state index contributed by atoms with van der Waals surface area (Å²) in [4.78, 5) is 0. The minimum absolute atomic E-state index is 0. The molecule has 4 aromatic rings. The summed E-state index contributed by atoms with van der Waals surface area (Å²) in [5.74, 6) is 0. The van der Waals surface area contributed by atoms with Crippen LogP contribution in [0.1, 0.15) is 39.8 Å². The van der Waals surface area contributed by atoms with Crippen LogP contribution in [0.5, 0.6) is 0 Å². The zero-order valence-electron chi connectivity index (χ0n) is 19.8. The van der Waals surface area contributed by atoms with Gasteiger partial charge in [0.2, 0.25) is 0 Å². The molecule has 0 atom stereocenters. The van der Waals surface area contributed by atoms with E-state index >= 15 is 0 Å². The predicted octanol–water partition coefficient (Wildman–Crippen LogP) is 2.35. The molecule has 2 aliphatic rings. The summed E-state index contributed by atoms with van der Waals surface area (Å²) in [6, 6.07) is 37.8. The van der Waals surface area contributed by atoms with Gasteiger partial charge in [0.1, 0.15) is 0 Å². The van der Waals surface area contributed by atoms with E-state index in [0.29, 0.717) is 11.1 Å². The van der Waals surface area contributed by atoms with Crippen molar-refractivity contribution in [3.63, 3.8) is 0 Å². The van der Waals surface area contributed by atoms with E-state index in [-0.39, 0.29) is 46.5 Å². The van der Waals surface area contributed by atoms with E-state index in [0.717, 1.165) is 6.42 Å². The van der Waals surface area contributed by atoms with E-state index in [9.17, 15) is 0 Å². The zero-order valence-corrected chi connectivity index (χ0v) is 23.9. The molecule has 174 valence electrons. The van der Waals surface area contributed by atoms with E-state index in [1.165, 1.54) is 50.6 Å². The molecule has 6 rings (SSSR count). The molecule has 0 saturated carbocycles. The van der Waals surface area contributed by atoms with Gasteiger partial charge in [-0.1, -0.05) is 116 Å². The second-order valence-corrected chi connectivity index (χ2v) is 14.2. The summed E-state index contributed by atoms with van der Waals surface area (Å²) in [7, 11) is -1.98. The summed E-state index contributed by atoms with van der Waals surface area (Å²) in [5, 5.41) is 0. The molecule has 0 nitrogen and oxygen atoms in total. The fourth-order valence-corrected chi connectivity index (χ4v) is 12.2. The molecule has 4 heteroatoms. The molecule has 0 aliphatic heterocycles. The van der Waals surface area contributed by atoms with Gasteiger partial charge in [-0.3, -0.25) is 0 Å². The van der Waals surface area contributed by atoms with Gasteiger partial charge in [-0.25, -0.2) is 0 Å². The van der Waals surface area contributed by atoms with Crippen molar-refractivity contribution >= 4 is 8.07 Å². The van der Waals surface area contributed by atoms with Gasteiger partial charge in [0.05, 0.1) is 8.07 Å². The number of fused-ring (bicyclic) bond motifs is 6. The number of benzene rings is 4. The van der Waals surface area contributed by atoms with E-state index in [4.69, 9.17) is 0 Å². The first-order chi connectivity index (χ1) is 15.7. The summed E-state index contributed by atoms with van der Waals surface area (Å²) in [6.45, 7) is 6.79. The minimum Gasteiger partial charge on any atom is -1.00 e. The standard InChI is InChI=1S/C31H28Si.2ClH.Ti/c1-3-4-21-32(2,30-26-17-9-5-13-22(26)23-14-6-10-18-27(23)30)31-28-19-11-7-15-24(28)25-16-8-12-20-29(25)31;;;/h3,5-20,30-31H,1,4,21H2,2H3;2*1H;/q;;;+2/p-2. The van der Waals surface area contributed by atoms with Crippen LogP contribution in [0.25, 0.3) is 22.3 Å². The Balaban J connectivity index is 0.00000114. The largest absolute Gasteiger partial charge is 2.00 e. The van der Waals surface area contributed by atoms with Crippen LogP contribution in [0.4, 0.5) is 0 Å². The number of hydrogen-bond acceptors (Lipinski definition) is 0. The predicted molar refractivity (Wildman–Crippen MR) is 139 cm³/mol. The van der Waals surface area contributed by atoms with Gasteiger partial charge < -0.3 is 24.8 Å². The second kappa shape index (κ2) is 11.0. The van der Waals surface area contributed by atoms with Crippen LogP contribution < -0.4 is 24.8 Å². The SMILES string of the molecule is C=CCC[Si](C)(C1c2ccccc2-c2ccccc21)C1c2ccccc2-c2ccccc21.[Cl-].[Cl-].[Ti+2]. The van der Waals surface area contributed by atoms with Crippen molar-refractivity contribution in [1.29, 1.82) is 0 Å². The Morgan fingerprint density at radius 1 is 0.600 bits per heavy atom. The molecule has 2 aliphatic carbocycles. The van der Waals surface area contributed by atoms with E-state index < -0.39 is 8.07 Å². The molecular weight excluding hydrogens is 519 g/mol. The van der Waals surface area contributed by atoms with E-state index in [1.807, 2.05) is 0 Å². The van der Waals surface area contributed by atoms with Crippen molar-refractivity contribution in [3.05, 3.63) is 132 Å². The fraction of sp³-hybridized carbons (Fsp3) is 0.161. The van der Waals surface area contributed by atoms with Crippen molar-refractivity contribution < 1.29 is 46.5 Å². The van der Waals surface area contributed by atoms with Gasteiger partial charge in [-0.05, 0) is 50.9 Å². The number of allylic oxidation sites excluding steroid dienone is 1. The quantitative estimate of drug-likeness (QED) is 0.266. The van der Waals surface area contributed by atoms with E-state index in [1.54, 1.807) is 0 Å². The van der Waals surface area contributed by atoms with Crippen LogP contribution >= 0.6 is 0 Å². The third-order valence-corrected chi connectivity index (χ3v) is 13.1. The fourth-order valence-electron chi connectivity index (χ4n) is 6.60. The monoisotopic (exact) mass is 546 g/mol. The molecule has 0 bridgehead atoms. The van der Waals surface area contributed by atoms with Crippen LogP contribution in [0.2, 0.25) is 12.6 Å². The Morgan fingerprint density at radius 3 is 1.17 bits per heavy atom. The smallest absolute Gasteiger partial charge is 1.00 e. The van der Waals surface area contributed by atoms with Gasteiger partial charge in [0, 0.05) is 11.1 Å². The van der Waals surface area contributed by atoms with Gasteiger partial charge >= 0.3 is 21.7 Å². The molecule has 0 aromatic heterocycles. The molecule has 4 aromatic carbocycles. The number of halogens is 2. The maximum atomic E-state index is 4.12. The van der Waals surface area contributed by atoms with Gasteiger partial charge in [-0.2, -0.15) is 0 Å². The molecule has 0 N–H and O–H groups in total. The summed E-state index contributed by atoms with van der Waals surface area (Å²) in [5.41, 5.74) is 12.9. The van der Waals surface area contributed by atoms with Gasteiger partial charge in [0.25, 0.3) is 0 Å². The first-order valence-electron chi connectivity index (χ1n) is 11.7. The van der Waals surface area contributed by atoms with Crippen molar-refractivity contribution in [1.82, 2.24) is 0 Å². The molecule has 35 heavy (non-hydrogen) atoms. The Bertz CT molecular complexity index is 1160. The van der Waals surface area contributed by atoms with Crippen LogP contribution in [0.15, 0.2) is 110 Å². The second-order valence-electron chi connectivity index (χ2n) is 9.55. The Morgan fingerprint density at radius 2 is 0.886 bits per heavy atom. The Kier molecular flexibility index (Phi) is 8.73. The molecule has 0 radical (unpaired) electrons. The summed E-state index contributed by atoms with van der Waals surface area (Å²) >= 11 is 0. The average Bonchev–Trinajstić information content (AvgIpc) is 3.37. The van der Waals surface area contributed by atoms with Crippen LogP contribution in [-0.2, 0) is 21.7 Å². The maximum Gasteiger partial charge on any atom is 2.00 e. The first kappa shape index (κ1) is 27.7. The summed E-state index contributed by atoms with van der Waals surface area (Å²) in [6.07, 6.45) is 3.20. The minimum atomic E-state index is -1.98. The van der Waals surface area contributed by atoms with Crippen molar-refractivity contribution in [2.24, 2.45) is 0 Å². The van der Waals surface area contributed by atoms with Crippen molar-refractivity contribution in [2.45, 2.75) is 30.1 Å². The van der Waals surface area contributed by atoms with E-state index in [2.05, 4.69) is 116 Å². The topological polar surface area (TPSA) is 0 Å². The van der Waals surface area contributed by atoms with Crippen molar-refractivity contribution in [3.8, 4) is 22.3 Å². The molecule has 0 spiro atoms. The van der Waals surface area contributed by atoms with Gasteiger partial charge in [0.15, 0.2) is 0 Å². The number of hydrogen-bond donors (Lipinski definition) is 0. The Hall–Kier alpha value is -1.87. The maximum absolute atomic E-state index is 4.12.